The van der Waals surface area contributed by atoms with Gasteiger partial charge in [0.05, 0.1) is 5.56 Å². The molecule has 1 N–H and O–H groups in total. The molecule has 2 rings (SSSR count). The monoisotopic (exact) mass is 300 g/mol. The first kappa shape index (κ1) is 16.1. The Balaban J connectivity index is 2.27. The van der Waals surface area contributed by atoms with Gasteiger partial charge in [0.15, 0.2) is 0 Å². The number of nitrogens with one attached hydrogen (secondary N) is 1. The summed E-state index contributed by atoms with van der Waals surface area (Å²) in [5.74, 6) is 0. The third-order valence-electron chi connectivity index (χ3n) is 4.15. The summed E-state index contributed by atoms with van der Waals surface area (Å²) < 4.78 is 39.2. The molecule has 0 bridgehead atoms. The second-order valence-corrected chi connectivity index (χ2v) is 5.89. The summed E-state index contributed by atoms with van der Waals surface area (Å²) in [5.41, 5.74) is 0.417. The lowest BCUT2D eigenvalue weighted by Crippen LogP contribution is -2.55. The summed E-state index contributed by atoms with van der Waals surface area (Å²) in [6.45, 7) is 7.24. The molecule has 1 aromatic rings. The van der Waals surface area contributed by atoms with Crippen LogP contribution in [0.25, 0.3) is 0 Å². The number of rotatable bonds is 3. The van der Waals surface area contributed by atoms with Gasteiger partial charge in [-0.05, 0) is 38.0 Å². The quantitative estimate of drug-likeness (QED) is 0.908. The molecule has 0 aliphatic carbocycles. The highest BCUT2D eigenvalue weighted by Crippen LogP contribution is 2.35. The molecule has 1 heterocycles. The molecule has 2 atom stereocenters. The highest BCUT2D eigenvalue weighted by atomic mass is 19.4. The molecule has 5 heteroatoms. The van der Waals surface area contributed by atoms with Crippen molar-refractivity contribution in [3.63, 3.8) is 0 Å². The van der Waals surface area contributed by atoms with Gasteiger partial charge < -0.3 is 10.2 Å². The predicted octanol–water partition coefficient (Wildman–Crippen LogP) is 3.98. The molecule has 1 saturated heterocycles. The first-order valence-electron chi connectivity index (χ1n) is 7.50. The largest absolute Gasteiger partial charge is 0.416 e. The minimum absolute atomic E-state index is 0.196. The maximum atomic E-state index is 13.1. The molecule has 1 aromatic carbocycles. The van der Waals surface area contributed by atoms with Crippen molar-refractivity contribution in [2.75, 3.05) is 18.0 Å². The Morgan fingerprint density at radius 1 is 1.33 bits per heavy atom. The number of aryl methyl sites for hydroxylation is 1. The molecule has 1 fully saturated rings. The second kappa shape index (κ2) is 6.26. The summed E-state index contributed by atoms with van der Waals surface area (Å²) in [5, 5.41) is 3.46. The Morgan fingerprint density at radius 2 is 2.05 bits per heavy atom. The van der Waals surface area contributed by atoms with E-state index in [1.165, 1.54) is 13.0 Å². The van der Waals surface area contributed by atoms with Gasteiger partial charge in [0.25, 0.3) is 0 Å². The van der Waals surface area contributed by atoms with E-state index in [1.54, 1.807) is 12.1 Å². The van der Waals surface area contributed by atoms with Gasteiger partial charge in [-0.15, -0.1) is 0 Å². The second-order valence-electron chi connectivity index (χ2n) is 5.89. The van der Waals surface area contributed by atoms with Crippen molar-refractivity contribution < 1.29 is 13.2 Å². The van der Waals surface area contributed by atoms with E-state index in [2.05, 4.69) is 17.1 Å². The topological polar surface area (TPSA) is 15.3 Å². The number of alkyl halides is 3. The van der Waals surface area contributed by atoms with Crippen LogP contribution in [0.15, 0.2) is 18.2 Å². The van der Waals surface area contributed by atoms with Crippen molar-refractivity contribution in [3.8, 4) is 0 Å². The molecule has 0 radical (unpaired) electrons. The maximum absolute atomic E-state index is 13.1. The van der Waals surface area contributed by atoms with Crippen LogP contribution in [0, 0.1) is 6.92 Å². The summed E-state index contributed by atoms with van der Waals surface area (Å²) in [7, 11) is 0. The van der Waals surface area contributed by atoms with Gasteiger partial charge in [0.1, 0.15) is 0 Å². The lowest BCUT2D eigenvalue weighted by atomic mass is 10.0. The van der Waals surface area contributed by atoms with E-state index >= 15 is 0 Å². The molecular weight excluding hydrogens is 277 g/mol. The molecule has 0 saturated carbocycles. The lowest BCUT2D eigenvalue weighted by Gasteiger charge is -2.40. The highest BCUT2D eigenvalue weighted by Gasteiger charge is 2.33. The first-order valence-corrected chi connectivity index (χ1v) is 7.50. The van der Waals surface area contributed by atoms with Crippen molar-refractivity contribution in [3.05, 3.63) is 29.3 Å². The Morgan fingerprint density at radius 3 is 2.67 bits per heavy atom. The van der Waals surface area contributed by atoms with Crippen LogP contribution in [-0.2, 0) is 6.18 Å². The normalized spacial score (nSPS) is 23.4. The minimum atomic E-state index is -4.29. The van der Waals surface area contributed by atoms with Gasteiger partial charge in [-0.2, -0.15) is 13.2 Å². The average Bonchev–Trinajstić information content (AvgIpc) is 2.41. The number of hydrogen-bond donors (Lipinski definition) is 1. The van der Waals surface area contributed by atoms with Gasteiger partial charge in [0.2, 0.25) is 0 Å². The van der Waals surface area contributed by atoms with Crippen molar-refractivity contribution >= 4 is 5.69 Å². The summed E-state index contributed by atoms with van der Waals surface area (Å²) in [4.78, 5) is 2.09. The standard InChI is InChI=1S/C16H23F3N2/c1-4-5-13-10-21(12(3)9-20-13)14-7-6-11(2)15(8-14)16(17,18)19/h6-8,12-13,20H,4-5,9-10H2,1-3H3. The maximum Gasteiger partial charge on any atom is 0.416 e. The van der Waals surface area contributed by atoms with Crippen LogP contribution in [0.1, 0.15) is 37.8 Å². The Kier molecular flexibility index (Phi) is 4.81. The van der Waals surface area contributed by atoms with E-state index in [0.29, 0.717) is 11.7 Å². The Bertz CT molecular complexity index is 485. The van der Waals surface area contributed by atoms with Gasteiger partial charge in [-0.3, -0.25) is 0 Å². The number of benzene rings is 1. The smallest absolute Gasteiger partial charge is 0.366 e. The van der Waals surface area contributed by atoms with Crippen LogP contribution in [-0.4, -0.2) is 25.2 Å². The molecular formula is C16H23F3N2. The zero-order valence-corrected chi connectivity index (χ0v) is 12.8. The first-order chi connectivity index (χ1) is 9.82. The molecule has 2 nitrogen and oxygen atoms in total. The zero-order chi connectivity index (χ0) is 15.6. The fraction of sp³-hybridized carbons (Fsp3) is 0.625. The fourth-order valence-corrected chi connectivity index (χ4v) is 2.93. The number of anilines is 1. The molecule has 1 aliphatic rings. The number of halogens is 3. The molecule has 0 amide bonds. The molecule has 2 unspecified atom stereocenters. The summed E-state index contributed by atoms with van der Waals surface area (Å²) in [6, 6.07) is 5.21. The predicted molar refractivity (Wildman–Crippen MR) is 79.7 cm³/mol. The molecule has 118 valence electrons. The van der Waals surface area contributed by atoms with E-state index in [1.807, 2.05) is 6.92 Å². The Labute approximate surface area is 124 Å². The molecule has 1 aliphatic heterocycles. The number of hydrogen-bond acceptors (Lipinski definition) is 2. The SMILES string of the molecule is CCCC1CN(c2ccc(C)c(C(F)(F)F)c2)C(C)CN1. The highest BCUT2D eigenvalue weighted by molar-refractivity contribution is 5.53. The third-order valence-corrected chi connectivity index (χ3v) is 4.15. The van der Waals surface area contributed by atoms with Crippen molar-refractivity contribution in [1.29, 1.82) is 0 Å². The fourth-order valence-electron chi connectivity index (χ4n) is 2.93. The van der Waals surface area contributed by atoms with Crippen molar-refractivity contribution in [1.82, 2.24) is 5.32 Å². The van der Waals surface area contributed by atoms with Crippen LogP contribution in [0.3, 0.4) is 0 Å². The van der Waals surface area contributed by atoms with E-state index < -0.39 is 11.7 Å². The number of nitrogens with zero attached hydrogens (tertiary/aromatic N) is 1. The zero-order valence-electron chi connectivity index (χ0n) is 12.8. The molecule has 21 heavy (non-hydrogen) atoms. The van der Waals surface area contributed by atoms with Gasteiger partial charge in [-0.1, -0.05) is 19.4 Å². The minimum Gasteiger partial charge on any atom is -0.366 e. The average molecular weight is 300 g/mol. The third kappa shape index (κ3) is 3.70. The van der Waals surface area contributed by atoms with Gasteiger partial charge in [-0.25, -0.2) is 0 Å². The molecule has 0 spiro atoms. The van der Waals surface area contributed by atoms with Crippen LogP contribution in [0.2, 0.25) is 0 Å². The van der Waals surface area contributed by atoms with E-state index in [4.69, 9.17) is 0 Å². The summed E-state index contributed by atoms with van der Waals surface area (Å²) >= 11 is 0. The van der Waals surface area contributed by atoms with Crippen molar-refractivity contribution in [2.45, 2.75) is 51.9 Å². The van der Waals surface area contributed by atoms with E-state index in [9.17, 15) is 13.2 Å². The van der Waals surface area contributed by atoms with E-state index in [0.717, 1.165) is 25.9 Å². The van der Waals surface area contributed by atoms with E-state index in [-0.39, 0.29) is 11.6 Å². The number of piperazine rings is 1. The summed E-state index contributed by atoms with van der Waals surface area (Å²) in [6.07, 6.45) is -2.18. The van der Waals surface area contributed by atoms with Crippen LogP contribution < -0.4 is 10.2 Å². The van der Waals surface area contributed by atoms with Gasteiger partial charge in [0, 0.05) is 30.9 Å². The molecule has 0 aromatic heterocycles. The Hall–Kier alpha value is -1.23. The van der Waals surface area contributed by atoms with Crippen LogP contribution >= 0.6 is 0 Å². The van der Waals surface area contributed by atoms with Gasteiger partial charge >= 0.3 is 6.18 Å². The lowest BCUT2D eigenvalue weighted by molar-refractivity contribution is -0.138. The van der Waals surface area contributed by atoms with Crippen molar-refractivity contribution in [2.24, 2.45) is 0 Å². The van der Waals surface area contributed by atoms with Crippen LogP contribution in [0.5, 0.6) is 0 Å². The van der Waals surface area contributed by atoms with Crippen LogP contribution in [0.4, 0.5) is 18.9 Å².